The molecule has 2 aromatic carbocycles. The van der Waals surface area contributed by atoms with Crippen molar-refractivity contribution in [3.63, 3.8) is 0 Å². The van der Waals surface area contributed by atoms with Gasteiger partial charge < -0.3 is 0 Å². The second-order valence-corrected chi connectivity index (χ2v) is 9.49. The third-order valence-electron chi connectivity index (χ3n) is 4.92. The highest BCUT2D eigenvalue weighted by atomic mass is 35.5. The van der Waals surface area contributed by atoms with Crippen LogP contribution in [0.1, 0.15) is 25.0 Å². The zero-order valence-corrected chi connectivity index (χ0v) is 20.2. The fraction of sp³-hybridized carbons (Fsp3) is 0.286. The molecule has 1 amide bonds. The van der Waals surface area contributed by atoms with Gasteiger partial charge in [-0.3, -0.25) is 26.0 Å². The van der Waals surface area contributed by atoms with Gasteiger partial charge in [-0.05, 0) is 50.3 Å². The fourth-order valence-corrected chi connectivity index (χ4v) is 3.71. The predicted octanol–water partition coefficient (Wildman–Crippen LogP) is 6.69. The minimum atomic E-state index is -4.84. The van der Waals surface area contributed by atoms with Gasteiger partial charge in [0.2, 0.25) is 11.5 Å². The van der Waals surface area contributed by atoms with Crippen LogP contribution in [-0.2, 0) is 15.2 Å². The number of carbonyl (C=O) groups excluding carboxylic acids is 1. The van der Waals surface area contributed by atoms with Gasteiger partial charge in [0.25, 0.3) is 0 Å². The van der Waals surface area contributed by atoms with E-state index in [2.05, 4.69) is 16.3 Å². The molecule has 0 fully saturated rings. The van der Waals surface area contributed by atoms with E-state index in [1.807, 2.05) is 0 Å². The molecule has 0 saturated heterocycles. The fourth-order valence-electron chi connectivity index (χ4n) is 2.90. The highest BCUT2D eigenvalue weighted by Gasteiger charge is 2.59. The Morgan fingerprint density at radius 3 is 2.30 bits per heavy atom. The molecule has 1 atom stereocenters. The highest BCUT2D eigenvalue weighted by molar-refractivity contribution is 6.34. The number of rotatable bonds is 6. The van der Waals surface area contributed by atoms with Gasteiger partial charge in [0.15, 0.2) is 0 Å². The van der Waals surface area contributed by atoms with Crippen LogP contribution in [-0.4, -0.2) is 18.0 Å². The monoisotopic (exact) mass is 541 g/mol. The number of amides is 1. The predicted molar refractivity (Wildman–Crippen MR) is 124 cm³/mol. The van der Waals surface area contributed by atoms with Crippen molar-refractivity contribution >= 4 is 63.7 Å². The maximum Gasteiger partial charge on any atom is 0.428 e. The van der Waals surface area contributed by atoms with Crippen molar-refractivity contribution in [2.24, 2.45) is 5.41 Å². The van der Waals surface area contributed by atoms with Crippen LogP contribution in [0.2, 0.25) is 15.1 Å². The van der Waals surface area contributed by atoms with Crippen LogP contribution in [0.25, 0.3) is 5.70 Å². The summed E-state index contributed by atoms with van der Waals surface area (Å²) in [6.07, 6.45) is -3.96. The van der Waals surface area contributed by atoms with Crippen molar-refractivity contribution in [2.75, 3.05) is 11.3 Å². The number of hydrazine groups is 1. The van der Waals surface area contributed by atoms with E-state index in [-0.39, 0.29) is 37.9 Å². The minimum Gasteiger partial charge on any atom is -0.297 e. The third-order valence-corrected chi connectivity index (χ3v) is 6.35. The summed E-state index contributed by atoms with van der Waals surface area (Å²) in [6.45, 7) is 3.30. The van der Waals surface area contributed by atoms with Crippen molar-refractivity contribution < 1.29 is 22.8 Å². The number of carbonyl (C=O) groups is 1. The first kappa shape index (κ1) is 25.8. The molecular weight excluding hydrogens is 525 g/mol. The van der Waals surface area contributed by atoms with E-state index in [1.54, 1.807) is 13.8 Å². The Bertz CT molecular complexity index is 1090. The Hall–Kier alpha value is -1.84. The molecule has 0 radical (unpaired) electrons. The molecule has 3 rings (SSSR count). The Morgan fingerprint density at radius 2 is 1.73 bits per heavy atom. The van der Waals surface area contributed by atoms with Crippen molar-refractivity contribution in [3.05, 3.63) is 68.7 Å². The number of nitrogens with one attached hydrogen (secondary N) is 3. The number of hydroxylamine groups is 1. The molecule has 1 unspecified atom stereocenters. The summed E-state index contributed by atoms with van der Waals surface area (Å²) in [7, 11) is 0. The summed E-state index contributed by atoms with van der Waals surface area (Å²) < 4.78 is 42.5. The molecule has 12 heteroatoms. The maximum absolute atomic E-state index is 14.2. The number of hydrogen-bond donors (Lipinski definition) is 3. The third kappa shape index (κ3) is 5.30. The van der Waals surface area contributed by atoms with Gasteiger partial charge in [-0.1, -0.05) is 40.9 Å². The van der Waals surface area contributed by atoms with Crippen LogP contribution >= 0.6 is 46.4 Å². The summed E-state index contributed by atoms with van der Waals surface area (Å²) in [5.41, 5.74) is 4.11. The molecule has 1 aliphatic rings. The van der Waals surface area contributed by atoms with Gasteiger partial charge in [-0.15, -0.1) is 11.6 Å². The van der Waals surface area contributed by atoms with E-state index >= 15 is 0 Å². The van der Waals surface area contributed by atoms with E-state index in [0.717, 1.165) is 18.2 Å². The normalized spacial score (nSPS) is 18.5. The summed E-state index contributed by atoms with van der Waals surface area (Å²) >= 11 is 23.8. The molecule has 1 heterocycles. The highest BCUT2D eigenvalue weighted by Crippen LogP contribution is 2.48. The summed E-state index contributed by atoms with van der Waals surface area (Å²) in [5, 5.41) is 0.284. The lowest BCUT2D eigenvalue weighted by molar-refractivity contribution is -0.269. The molecule has 178 valence electrons. The largest absolute Gasteiger partial charge is 0.428 e. The molecule has 0 aromatic heterocycles. The van der Waals surface area contributed by atoms with Crippen molar-refractivity contribution in [1.82, 2.24) is 10.9 Å². The van der Waals surface area contributed by atoms with E-state index in [0.29, 0.717) is 5.56 Å². The van der Waals surface area contributed by atoms with Gasteiger partial charge in [0.1, 0.15) is 0 Å². The zero-order chi connectivity index (χ0) is 24.6. The van der Waals surface area contributed by atoms with Gasteiger partial charge in [-0.2, -0.15) is 13.2 Å². The number of benzene rings is 2. The summed E-state index contributed by atoms with van der Waals surface area (Å²) in [6, 6.07) is 7.99. The Kier molecular flexibility index (Phi) is 7.36. The molecule has 0 bridgehead atoms. The SMILES string of the molecule is CC(C)(CCl)C(=O)NNc1cc(C2=CC(c3cc(Cl)cc(Cl)c3)(C(F)(F)F)ON2)ccc1Cl. The Labute approximate surface area is 208 Å². The molecule has 2 aromatic rings. The molecule has 33 heavy (non-hydrogen) atoms. The van der Waals surface area contributed by atoms with Crippen molar-refractivity contribution in [2.45, 2.75) is 25.6 Å². The topological polar surface area (TPSA) is 62.4 Å². The molecule has 0 aliphatic carbocycles. The lowest BCUT2D eigenvalue weighted by Crippen LogP contribution is -2.42. The number of halogens is 7. The van der Waals surface area contributed by atoms with Crippen molar-refractivity contribution in [3.8, 4) is 0 Å². The Balaban J connectivity index is 1.96. The summed E-state index contributed by atoms with van der Waals surface area (Å²) in [4.78, 5) is 17.3. The van der Waals surface area contributed by atoms with Gasteiger partial charge in [0, 0.05) is 27.1 Å². The quantitative estimate of drug-likeness (QED) is 0.281. The standard InChI is InChI=1S/C21H18Cl4F3N3O2/c1-19(2,10-22)18(32)30-29-16-5-11(3-4-15(16)25)17-9-20(33-31-17,21(26,27)28)12-6-13(23)8-14(24)7-12/h3-9,29,31H,10H2,1-2H3,(H,30,32). The van der Waals surface area contributed by atoms with Crippen LogP contribution in [0.15, 0.2) is 42.5 Å². The van der Waals surface area contributed by atoms with Crippen LogP contribution in [0.4, 0.5) is 18.9 Å². The second-order valence-electron chi connectivity index (χ2n) is 7.94. The first-order chi connectivity index (χ1) is 15.3. The van der Waals surface area contributed by atoms with Crippen LogP contribution in [0.3, 0.4) is 0 Å². The average molecular weight is 543 g/mol. The summed E-state index contributed by atoms with van der Waals surface area (Å²) in [5.74, 6) is -0.315. The van der Waals surface area contributed by atoms with Crippen LogP contribution < -0.4 is 16.3 Å². The maximum atomic E-state index is 14.2. The van der Waals surface area contributed by atoms with Crippen LogP contribution in [0.5, 0.6) is 0 Å². The minimum absolute atomic E-state index is 0.0237. The Morgan fingerprint density at radius 1 is 1.09 bits per heavy atom. The van der Waals surface area contributed by atoms with Gasteiger partial charge in [0.05, 0.1) is 21.8 Å². The molecule has 1 aliphatic heterocycles. The lowest BCUT2D eigenvalue weighted by atomic mass is 9.91. The molecule has 0 spiro atoms. The first-order valence-corrected chi connectivity index (χ1v) is 11.1. The smallest absolute Gasteiger partial charge is 0.297 e. The first-order valence-electron chi connectivity index (χ1n) is 9.41. The van der Waals surface area contributed by atoms with Gasteiger partial charge >= 0.3 is 6.18 Å². The number of anilines is 1. The van der Waals surface area contributed by atoms with Gasteiger partial charge in [-0.25, -0.2) is 0 Å². The zero-order valence-electron chi connectivity index (χ0n) is 17.2. The molecule has 5 nitrogen and oxygen atoms in total. The number of alkyl halides is 4. The van der Waals surface area contributed by atoms with Crippen LogP contribution in [0, 0.1) is 5.41 Å². The van der Waals surface area contributed by atoms with E-state index in [1.165, 1.54) is 24.3 Å². The second kappa shape index (κ2) is 9.43. The lowest BCUT2D eigenvalue weighted by Gasteiger charge is -2.28. The van der Waals surface area contributed by atoms with E-state index in [4.69, 9.17) is 51.2 Å². The molecule has 3 N–H and O–H groups in total. The van der Waals surface area contributed by atoms with E-state index < -0.39 is 23.1 Å². The van der Waals surface area contributed by atoms with Crippen molar-refractivity contribution in [1.29, 1.82) is 0 Å². The molecular formula is C21H18Cl4F3N3O2. The number of hydrogen-bond acceptors (Lipinski definition) is 4. The molecule has 0 saturated carbocycles. The average Bonchev–Trinajstić information content (AvgIpc) is 3.19. The van der Waals surface area contributed by atoms with E-state index in [9.17, 15) is 18.0 Å².